The molecule has 2 aromatic rings. The fourth-order valence-electron chi connectivity index (χ4n) is 1.00. The molecule has 0 N–H and O–H groups in total. The van der Waals surface area contributed by atoms with E-state index < -0.39 is 0 Å². The van der Waals surface area contributed by atoms with E-state index in [1.165, 1.54) is 0 Å². The first-order valence-corrected chi connectivity index (χ1v) is 3.70. The van der Waals surface area contributed by atoms with Gasteiger partial charge in [0.15, 0.2) is 0 Å². The lowest BCUT2D eigenvalue weighted by molar-refractivity contribution is 1.28. The normalized spacial score (nSPS) is 10.8. The van der Waals surface area contributed by atoms with Crippen molar-refractivity contribution in [3.05, 3.63) is 48.9 Å². The molecule has 58 valence electrons. The standard InChI is InChI=1S/C10H8N2/c1-2-7-12-10(5-1)9-4-3-6-11-8-9/h1-8H/i6D. The number of rotatable bonds is 1. The van der Waals surface area contributed by atoms with E-state index in [-0.39, 0.29) is 6.17 Å². The highest BCUT2D eigenvalue weighted by Crippen LogP contribution is 2.12. The molecular formula is C10H8N2. The summed E-state index contributed by atoms with van der Waals surface area (Å²) in [6.07, 6.45) is 3.67. The molecule has 0 radical (unpaired) electrons. The maximum absolute atomic E-state index is 7.22. The van der Waals surface area contributed by atoms with Gasteiger partial charge in [-0.1, -0.05) is 6.07 Å². The summed E-state index contributed by atoms with van der Waals surface area (Å²) in [5.41, 5.74) is 1.83. The van der Waals surface area contributed by atoms with E-state index in [4.69, 9.17) is 1.37 Å². The van der Waals surface area contributed by atoms with Gasteiger partial charge in [0.05, 0.1) is 7.06 Å². The molecule has 2 heteroatoms. The minimum atomic E-state index is 0.277. The van der Waals surface area contributed by atoms with Gasteiger partial charge in [-0.25, -0.2) is 0 Å². The molecule has 2 nitrogen and oxygen atoms in total. The highest BCUT2D eigenvalue weighted by molar-refractivity contribution is 5.56. The van der Waals surface area contributed by atoms with Crippen LogP contribution >= 0.6 is 0 Å². The van der Waals surface area contributed by atoms with Crippen LogP contribution in [0.25, 0.3) is 11.3 Å². The van der Waals surface area contributed by atoms with Crippen LogP contribution in [0.1, 0.15) is 1.37 Å². The van der Waals surface area contributed by atoms with Gasteiger partial charge < -0.3 is 0 Å². The third-order valence-corrected chi connectivity index (χ3v) is 1.58. The van der Waals surface area contributed by atoms with E-state index in [1.54, 1.807) is 18.5 Å². The molecule has 0 aliphatic rings. The van der Waals surface area contributed by atoms with Crippen molar-refractivity contribution in [2.75, 3.05) is 0 Å². The van der Waals surface area contributed by atoms with Gasteiger partial charge in [0.1, 0.15) is 0 Å². The van der Waals surface area contributed by atoms with Crippen molar-refractivity contribution < 1.29 is 1.37 Å². The molecule has 0 saturated carbocycles. The van der Waals surface area contributed by atoms with Crippen LogP contribution in [-0.4, -0.2) is 9.97 Å². The first kappa shape index (κ1) is 5.89. The molecule has 0 spiro atoms. The quantitative estimate of drug-likeness (QED) is 0.633. The largest absolute Gasteiger partial charge is 0.264 e. The summed E-state index contributed by atoms with van der Waals surface area (Å²) in [6.45, 7) is 0. The van der Waals surface area contributed by atoms with Crippen LogP contribution in [0.5, 0.6) is 0 Å². The Labute approximate surface area is 72.3 Å². The maximum Gasteiger partial charge on any atom is 0.0840 e. The van der Waals surface area contributed by atoms with Crippen LogP contribution in [0.3, 0.4) is 0 Å². The zero-order valence-electron chi connectivity index (χ0n) is 7.44. The minimum absolute atomic E-state index is 0.277. The van der Waals surface area contributed by atoms with Gasteiger partial charge in [-0.3, -0.25) is 9.97 Å². The molecule has 0 bridgehead atoms. The van der Waals surface area contributed by atoms with Crippen molar-refractivity contribution in [2.45, 2.75) is 0 Å². The molecule has 2 heterocycles. The van der Waals surface area contributed by atoms with Crippen molar-refractivity contribution in [2.24, 2.45) is 0 Å². The van der Waals surface area contributed by atoms with E-state index in [0.29, 0.717) is 0 Å². The van der Waals surface area contributed by atoms with E-state index in [1.807, 2.05) is 24.3 Å². The molecule has 0 atom stereocenters. The number of pyridine rings is 2. The zero-order chi connectivity index (χ0) is 9.10. The van der Waals surface area contributed by atoms with E-state index in [2.05, 4.69) is 9.97 Å². The summed E-state index contributed by atoms with van der Waals surface area (Å²) < 4.78 is 7.22. The van der Waals surface area contributed by atoms with Crippen LogP contribution in [0.15, 0.2) is 48.9 Å². The zero-order valence-corrected chi connectivity index (χ0v) is 6.44. The van der Waals surface area contributed by atoms with Crippen molar-refractivity contribution in [3.8, 4) is 11.3 Å². The minimum Gasteiger partial charge on any atom is -0.264 e. The molecule has 2 aromatic heterocycles. The van der Waals surface area contributed by atoms with Crippen LogP contribution in [0, 0.1) is 0 Å². The average molecular weight is 157 g/mol. The van der Waals surface area contributed by atoms with Crippen molar-refractivity contribution in [1.29, 1.82) is 0 Å². The Bertz CT molecular complexity index is 383. The molecule has 2 rings (SSSR count). The lowest BCUT2D eigenvalue weighted by Crippen LogP contribution is -1.81. The second-order valence-corrected chi connectivity index (χ2v) is 2.39. The molecule has 12 heavy (non-hydrogen) atoms. The Balaban J connectivity index is 2.42. The summed E-state index contributed by atoms with van der Waals surface area (Å²) >= 11 is 0. The smallest absolute Gasteiger partial charge is 0.0840 e. The van der Waals surface area contributed by atoms with Crippen molar-refractivity contribution >= 4 is 0 Å². The SMILES string of the molecule is [2H]c1ccc(-c2ccccn2)cn1. The van der Waals surface area contributed by atoms with E-state index in [9.17, 15) is 0 Å². The Morgan fingerprint density at radius 1 is 1.17 bits per heavy atom. The summed E-state index contributed by atoms with van der Waals surface area (Å²) in [5.74, 6) is 0. The third-order valence-electron chi connectivity index (χ3n) is 1.58. The predicted octanol–water partition coefficient (Wildman–Crippen LogP) is 2.14. The highest BCUT2D eigenvalue weighted by atomic mass is 14.7. The third kappa shape index (κ3) is 1.32. The van der Waals surface area contributed by atoms with Crippen LogP contribution < -0.4 is 0 Å². The number of hydrogen-bond acceptors (Lipinski definition) is 2. The predicted molar refractivity (Wildman–Crippen MR) is 47.5 cm³/mol. The molecule has 0 aliphatic heterocycles. The number of hydrogen-bond donors (Lipinski definition) is 0. The topological polar surface area (TPSA) is 25.8 Å². The van der Waals surface area contributed by atoms with Crippen LogP contribution in [0.4, 0.5) is 0 Å². The molecule has 0 aliphatic carbocycles. The van der Waals surface area contributed by atoms with Crippen LogP contribution in [-0.2, 0) is 0 Å². The average Bonchev–Trinajstić information content (AvgIpc) is 2.20. The van der Waals surface area contributed by atoms with Crippen molar-refractivity contribution in [3.63, 3.8) is 0 Å². The Morgan fingerprint density at radius 2 is 2.17 bits per heavy atom. The summed E-state index contributed by atoms with van der Waals surface area (Å²) in [6, 6.07) is 9.22. The molecule has 0 saturated heterocycles. The van der Waals surface area contributed by atoms with Gasteiger partial charge in [-0.05, 0) is 24.3 Å². The van der Waals surface area contributed by atoms with Gasteiger partial charge >= 0.3 is 0 Å². The molecule has 0 fully saturated rings. The Morgan fingerprint density at radius 3 is 2.83 bits per heavy atom. The molecular weight excluding hydrogens is 148 g/mol. The lowest BCUT2D eigenvalue weighted by Gasteiger charge is -1.96. The van der Waals surface area contributed by atoms with E-state index >= 15 is 0 Å². The number of aromatic nitrogens is 2. The molecule has 0 amide bonds. The molecule has 0 unspecified atom stereocenters. The summed E-state index contributed by atoms with van der Waals surface area (Å²) in [5, 5.41) is 0. The first-order valence-electron chi connectivity index (χ1n) is 4.20. The van der Waals surface area contributed by atoms with Gasteiger partial charge in [-0.15, -0.1) is 0 Å². The Hall–Kier alpha value is -1.70. The second kappa shape index (κ2) is 3.13. The summed E-state index contributed by atoms with van der Waals surface area (Å²) in [7, 11) is 0. The van der Waals surface area contributed by atoms with Gasteiger partial charge in [0.2, 0.25) is 0 Å². The molecule has 0 aromatic carbocycles. The monoisotopic (exact) mass is 157 g/mol. The van der Waals surface area contributed by atoms with Crippen LogP contribution in [0.2, 0.25) is 0 Å². The van der Waals surface area contributed by atoms with E-state index in [0.717, 1.165) is 11.3 Å². The maximum atomic E-state index is 7.22. The first-order chi connectivity index (χ1) is 6.36. The van der Waals surface area contributed by atoms with Crippen molar-refractivity contribution in [1.82, 2.24) is 9.97 Å². The fourth-order valence-corrected chi connectivity index (χ4v) is 1.00. The number of nitrogens with zero attached hydrogens (tertiary/aromatic N) is 2. The Kier molecular flexibility index (Phi) is 1.54. The second-order valence-electron chi connectivity index (χ2n) is 2.39. The van der Waals surface area contributed by atoms with Gasteiger partial charge in [-0.2, -0.15) is 0 Å². The summed E-state index contributed by atoms with van der Waals surface area (Å²) in [4.78, 5) is 8.06. The highest BCUT2D eigenvalue weighted by Gasteiger charge is 1.94. The van der Waals surface area contributed by atoms with Gasteiger partial charge in [0, 0.05) is 24.1 Å². The van der Waals surface area contributed by atoms with Gasteiger partial charge in [0.25, 0.3) is 0 Å². The fraction of sp³-hybridized carbons (Fsp3) is 0. The lowest BCUT2D eigenvalue weighted by atomic mass is 10.2.